The minimum atomic E-state index is -0.0644. The summed E-state index contributed by atoms with van der Waals surface area (Å²) in [6, 6.07) is 20.2. The van der Waals surface area contributed by atoms with Crippen molar-refractivity contribution < 1.29 is 0 Å². The van der Waals surface area contributed by atoms with Gasteiger partial charge < -0.3 is 4.98 Å². The molecule has 24 heavy (non-hydrogen) atoms. The van der Waals surface area contributed by atoms with Crippen LogP contribution in [-0.2, 0) is 6.42 Å². The van der Waals surface area contributed by atoms with E-state index in [-0.39, 0.29) is 5.56 Å². The highest BCUT2D eigenvalue weighted by atomic mass is 16.1. The first-order chi connectivity index (χ1) is 11.7. The third kappa shape index (κ3) is 2.52. The number of benzene rings is 2. The number of hydrogen-bond donors (Lipinski definition) is 1. The summed E-state index contributed by atoms with van der Waals surface area (Å²) in [5.74, 6) is 0.695. The molecule has 4 heteroatoms. The normalized spacial score (nSPS) is 11.0. The zero-order chi connectivity index (χ0) is 16.5. The maximum absolute atomic E-state index is 12.4. The summed E-state index contributed by atoms with van der Waals surface area (Å²) in [5.41, 5.74) is 4.51. The molecule has 0 saturated carbocycles. The van der Waals surface area contributed by atoms with E-state index in [0.717, 1.165) is 17.0 Å². The number of fused-ring (bicyclic) bond motifs is 1. The zero-order valence-corrected chi connectivity index (χ0v) is 13.4. The number of hydrogen-bond acceptors (Lipinski definition) is 2. The minimum Gasteiger partial charge on any atom is -0.354 e. The highest BCUT2D eigenvalue weighted by Gasteiger charge is 2.18. The molecule has 4 rings (SSSR count). The average Bonchev–Trinajstić information content (AvgIpc) is 2.92. The number of H-pyrrole nitrogens is 1. The Balaban J connectivity index is 1.91. The number of aryl methyl sites for hydroxylation is 1. The number of nitrogens with one attached hydrogen (secondary N) is 1. The van der Waals surface area contributed by atoms with Crippen LogP contribution >= 0.6 is 0 Å². The number of rotatable bonds is 3. The summed E-state index contributed by atoms with van der Waals surface area (Å²) in [5, 5.41) is 0. The fourth-order valence-electron chi connectivity index (χ4n) is 2.93. The van der Waals surface area contributed by atoms with E-state index in [1.165, 1.54) is 5.56 Å². The summed E-state index contributed by atoms with van der Waals surface area (Å²) >= 11 is 0. The van der Waals surface area contributed by atoms with Crippen LogP contribution in [0.3, 0.4) is 0 Å². The summed E-state index contributed by atoms with van der Waals surface area (Å²) in [6.45, 7) is 1.75. The van der Waals surface area contributed by atoms with Gasteiger partial charge >= 0.3 is 0 Å². The largest absolute Gasteiger partial charge is 0.354 e. The molecule has 0 spiro atoms. The predicted octanol–water partition coefficient (Wildman–Crippen LogP) is 3.56. The molecule has 0 amide bonds. The van der Waals surface area contributed by atoms with Gasteiger partial charge in [-0.25, -0.2) is 4.98 Å². The van der Waals surface area contributed by atoms with Crippen molar-refractivity contribution in [3.05, 3.63) is 94.2 Å². The van der Waals surface area contributed by atoms with Gasteiger partial charge in [0.05, 0.1) is 11.4 Å². The van der Waals surface area contributed by atoms with Crippen molar-refractivity contribution in [3.8, 4) is 17.1 Å². The van der Waals surface area contributed by atoms with E-state index in [1.807, 2.05) is 54.7 Å². The lowest BCUT2D eigenvalue weighted by molar-refractivity contribution is 0.914. The van der Waals surface area contributed by atoms with E-state index in [4.69, 9.17) is 0 Å². The van der Waals surface area contributed by atoms with Gasteiger partial charge in [-0.2, -0.15) is 0 Å². The second-order valence-corrected chi connectivity index (χ2v) is 5.87. The average molecular weight is 315 g/mol. The number of imidazole rings is 1. The van der Waals surface area contributed by atoms with Crippen LogP contribution in [0.2, 0.25) is 0 Å². The van der Waals surface area contributed by atoms with Crippen LogP contribution in [0.1, 0.15) is 17.0 Å². The molecule has 2 aromatic carbocycles. The highest BCUT2D eigenvalue weighted by molar-refractivity contribution is 5.60. The molecule has 0 saturated heterocycles. The van der Waals surface area contributed by atoms with Gasteiger partial charge in [-0.3, -0.25) is 9.36 Å². The van der Waals surface area contributed by atoms with Crippen LogP contribution in [0.15, 0.2) is 71.7 Å². The van der Waals surface area contributed by atoms with E-state index in [9.17, 15) is 4.79 Å². The molecule has 4 nitrogen and oxygen atoms in total. The Hall–Kier alpha value is -3.14. The smallest absolute Gasteiger partial charge is 0.277 e. The van der Waals surface area contributed by atoms with Crippen LogP contribution in [-0.4, -0.2) is 14.5 Å². The number of aromatic amines is 1. The summed E-state index contributed by atoms with van der Waals surface area (Å²) in [7, 11) is 0. The van der Waals surface area contributed by atoms with Crippen LogP contribution in [0.25, 0.3) is 17.1 Å². The lowest BCUT2D eigenvalue weighted by Gasteiger charge is -2.13. The quantitative estimate of drug-likeness (QED) is 0.628. The lowest BCUT2D eigenvalue weighted by atomic mass is 10.1. The van der Waals surface area contributed by atoms with Gasteiger partial charge in [0.25, 0.3) is 5.56 Å². The highest BCUT2D eigenvalue weighted by Crippen LogP contribution is 2.22. The predicted molar refractivity (Wildman–Crippen MR) is 94.8 cm³/mol. The van der Waals surface area contributed by atoms with Crippen molar-refractivity contribution in [2.75, 3.05) is 0 Å². The van der Waals surface area contributed by atoms with Crippen LogP contribution in [0, 0.1) is 6.92 Å². The standard InChI is InChI=1S/C20H17N3O/c1-14-20(24)23-13-18(16-10-6-3-7-11-16)22-17(19(23)21-14)12-15-8-4-2-5-9-15/h2-11,13,22H,12H2,1H3. The third-order valence-corrected chi connectivity index (χ3v) is 4.15. The number of nitrogens with zero attached hydrogens (tertiary/aromatic N) is 2. The van der Waals surface area contributed by atoms with Crippen molar-refractivity contribution in [1.82, 2.24) is 14.5 Å². The van der Waals surface area contributed by atoms with E-state index < -0.39 is 0 Å². The maximum Gasteiger partial charge on any atom is 0.277 e. The van der Waals surface area contributed by atoms with Gasteiger partial charge in [-0.1, -0.05) is 60.7 Å². The first kappa shape index (κ1) is 14.5. The Morgan fingerprint density at radius 2 is 1.67 bits per heavy atom. The Morgan fingerprint density at radius 3 is 2.38 bits per heavy atom. The number of aromatic nitrogens is 3. The van der Waals surface area contributed by atoms with E-state index in [1.54, 1.807) is 11.5 Å². The molecule has 2 aliphatic rings. The Morgan fingerprint density at radius 1 is 1.00 bits per heavy atom. The fourth-order valence-corrected chi connectivity index (χ4v) is 2.93. The van der Waals surface area contributed by atoms with Gasteiger partial charge in [0, 0.05) is 12.6 Å². The molecule has 118 valence electrons. The Bertz CT molecular complexity index is 1000. The molecule has 2 aromatic rings. The molecule has 0 atom stereocenters. The molecular weight excluding hydrogens is 298 g/mol. The van der Waals surface area contributed by atoms with Crippen LogP contribution < -0.4 is 5.56 Å². The Kier molecular flexibility index (Phi) is 3.50. The second-order valence-electron chi connectivity index (χ2n) is 5.87. The second kappa shape index (κ2) is 5.81. The monoisotopic (exact) mass is 315 g/mol. The van der Waals surface area contributed by atoms with E-state index in [2.05, 4.69) is 22.1 Å². The molecule has 1 N–H and O–H groups in total. The summed E-state index contributed by atoms with van der Waals surface area (Å²) < 4.78 is 1.65. The topological polar surface area (TPSA) is 50.7 Å². The summed E-state index contributed by atoms with van der Waals surface area (Å²) in [4.78, 5) is 20.3. The minimum absolute atomic E-state index is 0.0644. The maximum atomic E-state index is 12.4. The lowest BCUT2D eigenvalue weighted by Crippen LogP contribution is -2.16. The molecular formula is C20H17N3O. The summed E-state index contributed by atoms with van der Waals surface area (Å²) in [6.07, 6.45) is 2.53. The third-order valence-electron chi connectivity index (χ3n) is 4.15. The van der Waals surface area contributed by atoms with Crippen molar-refractivity contribution in [1.29, 1.82) is 0 Å². The zero-order valence-electron chi connectivity index (χ0n) is 13.4. The molecule has 0 radical (unpaired) electrons. The van der Waals surface area contributed by atoms with Gasteiger partial charge in [0.2, 0.25) is 0 Å². The van der Waals surface area contributed by atoms with Crippen molar-refractivity contribution >= 4 is 0 Å². The van der Waals surface area contributed by atoms with Gasteiger partial charge in [-0.15, -0.1) is 0 Å². The molecule has 0 aromatic heterocycles. The Labute approximate surface area is 139 Å². The van der Waals surface area contributed by atoms with Crippen LogP contribution in [0.5, 0.6) is 0 Å². The van der Waals surface area contributed by atoms with E-state index in [0.29, 0.717) is 17.9 Å². The first-order valence-electron chi connectivity index (χ1n) is 7.92. The molecule has 0 unspecified atom stereocenters. The fraction of sp³-hybridized carbons (Fsp3) is 0.100. The van der Waals surface area contributed by atoms with Gasteiger partial charge in [0.15, 0.2) is 5.82 Å². The van der Waals surface area contributed by atoms with Crippen molar-refractivity contribution in [3.63, 3.8) is 0 Å². The molecule has 0 aliphatic carbocycles. The van der Waals surface area contributed by atoms with Gasteiger partial charge in [-0.05, 0) is 18.1 Å². The first-order valence-corrected chi connectivity index (χ1v) is 7.92. The molecule has 2 aliphatic heterocycles. The molecule has 0 fully saturated rings. The van der Waals surface area contributed by atoms with Crippen molar-refractivity contribution in [2.24, 2.45) is 0 Å². The molecule has 0 bridgehead atoms. The van der Waals surface area contributed by atoms with Crippen LogP contribution in [0.4, 0.5) is 0 Å². The van der Waals surface area contributed by atoms with Crippen molar-refractivity contribution in [2.45, 2.75) is 13.3 Å². The molecule has 2 heterocycles. The van der Waals surface area contributed by atoms with E-state index >= 15 is 0 Å². The van der Waals surface area contributed by atoms with Gasteiger partial charge in [0.1, 0.15) is 5.69 Å². The SMILES string of the molecule is Cc1nc2c(Cc3ccccc3)[nH]c(-c3ccccc3)cn-2c1=O.